The molecule has 138 valence electrons. The summed E-state index contributed by atoms with van der Waals surface area (Å²) in [6.07, 6.45) is 1.95. The van der Waals surface area contributed by atoms with Crippen molar-refractivity contribution in [3.8, 4) is 21.1 Å². The van der Waals surface area contributed by atoms with Gasteiger partial charge in [-0.25, -0.2) is 9.97 Å². The van der Waals surface area contributed by atoms with Crippen molar-refractivity contribution in [2.24, 2.45) is 0 Å². The lowest BCUT2D eigenvalue weighted by Crippen LogP contribution is -2.11. The van der Waals surface area contributed by atoms with Crippen molar-refractivity contribution in [3.63, 3.8) is 0 Å². The van der Waals surface area contributed by atoms with Crippen molar-refractivity contribution in [2.75, 3.05) is 5.32 Å². The molecule has 0 saturated heterocycles. The standard InChI is InChI=1S/C20H14N4OS3/c1-11-17(28-19(22-11)16-7-4-8-26-16)18(25)24-20-23-15(10-27-20)13-9-21-14-6-3-2-5-12(13)14/h2-10,21H,1H3,(H,23,24,25). The number of nitrogens with zero attached hydrogens (tertiary/aromatic N) is 2. The minimum absolute atomic E-state index is 0.169. The summed E-state index contributed by atoms with van der Waals surface area (Å²) in [6, 6.07) is 12.1. The largest absolute Gasteiger partial charge is 0.360 e. The zero-order valence-corrected chi connectivity index (χ0v) is 17.2. The van der Waals surface area contributed by atoms with Crippen LogP contribution in [0.25, 0.3) is 32.0 Å². The minimum atomic E-state index is -0.169. The number of thiophene rings is 1. The van der Waals surface area contributed by atoms with E-state index in [0.29, 0.717) is 10.0 Å². The molecule has 0 bridgehead atoms. The Labute approximate surface area is 172 Å². The van der Waals surface area contributed by atoms with Gasteiger partial charge >= 0.3 is 0 Å². The van der Waals surface area contributed by atoms with Crippen LogP contribution in [0.4, 0.5) is 5.13 Å². The number of hydrogen-bond acceptors (Lipinski definition) is 6. The highest BCUT2D eigenvalue weighted by atomic mass is 32.1. The lowest BCUT2D eigenvalue weighted by molar-refractivity contribution is 0.103. The third-order valence-electron chi connectivity index (χ3n) is 4.32. The maximum Gasteiger partial charge on any atom is 0.269 e. The van der Waals surface area contributed by atoms with Crippen molar-refractivity contribution in [1.29, 1.82) is 0 Å². The normalized spacial score (nSPS) is 11.2. The molecule has 2 N–H and O–H groups in total. The number of fused-ring (bicyclic) bond motifs is 1. The zero-order valence-electron chi connectivity index (χ0n) is 14.7. The number of aryl methyl sites for hydroxylation is 1. The summed E-state index contributed by atoms with van der Waals surface area (Å²) in [5.74, 6) is -0.169. The maximum atomic E-state index is 12.7. The highest BCUT2D eigenvalue weighted by Gasteiger charge is 2.18. The van der Waals surface area contributed by atoms with Gasteiger partial charge in [-0.05, 0) is 24.4 Å². The average Bonchev–Trinajstić information content (AvgIpc) is 3.47. The van der Waals surface area contributed by atoms with E-state index in [-0.39, 0.29) is 5.91 Å². The van der Waals surface area contributed by atoms with E-state index in [2.05, 4.69) is 26.3 Å². The number of H-pyrrole nitrogens is 1. The molecule has 0 aliphatic carbocycles. The predicted octanol–water partition coefficient (Wildman–Crippen LogP) is 6.04. The van der Waals surface area contributed by atoms with Crippen molar-refractivity contribution < 1.29 is 4.79 Å². The van der Waals surface area contributed by atoms with E-state index in [0.717, 1.165) is 37.7 Å². The molecular formula is C20H14N4OS3. The Morgan fingerprint density at radius 3 is 2.86 bits per heavy atom. The minimum Gasteiger partial charge on any atom is -0.360 e. The Bertz CT molecular complexity index is 1280. The van der Waals surface area contributed by atoms with Crippen LogP contribution in [0.2, 0.25) is 0 Å². The topological polar surface area (TPSA) is 70.7 Å². The van der Waals surface area contributed by atoms with Gasteiger partial charge in [-0.3, -0.25) is 10.1 Å². The molecule has 5 aromatic rings. The lowest BCUT2D eigenvalue weighted by Gasteiger charge is -1.99. The van der Waals surface area contributed by atoms with Gasteiger partial charge in [0.25, 0.3) is 5.91 Å². The third kappa shape index (κ3) is 3.05. The number of aromatic nitrogens is 3. The van der Waals surface area contributed by atoms with E-state index in [4.69, 9.17) is 0 Å². The zero-order chi connectivity index (χ0) is 19.1. The molecule has 0 spiro atoms. The van der Waals surface area contributed by atoms with Crippen LogP contribution in [0.5, 0.6) is 0 Å². The van der Waals surface area contributed by atoms with E-state index in [1.165, 1.54) is 22.7 Å². The van der Waals surface area contributed by atoms with Gasteiger partial charge in [0, 0.05) is 28.0 Å². The summed E-state index contributed by atoms with van der Waals surface area (Å²) >= 11 is 4.45. The van der Waals surface area contributed by atoms with Gasteiger partial charge < -0.3 is 4.98 Å². The first-order valence-corrected chi connectivity index (χ1v) is 11.1. The fraction of sp³-hybridized carbons (Fsp3) is 0.0500. The molecule has 1 amide bonds. The Morgan fingerprint density at radius 2 is 2.00 bits per heavy atom. The number of thiazole rings is 2. The molecule has 0 fully saturated rings. The van der Waals surface area contributed by atoms with Crippen LogP contribution in [0.1, 0.15) is 15.4 Å². The van der Waals surface area contributed by atoms with E-state index in [9.17, 15) is 4.79 Å². The summed E-state index contributed by atoms with van der Waals surface area (Å²) in [6.45, 7) is 1.86. The molecule has 0 aliphatic heterocycles. The number of benzene rings is 1. The molecule has 0 unspecified atom stereocenters. The molecule has 0 atom stereocenters. The van der Waals surface area contributed by atoms with Crippen LogP contribution in [0.3, 0.4) is 0 Å². The number of nitrogens with one attached hydrogen (secondary N) is 2. The second-order valence-electron chi connectivity index (χ2n) is 6.15. The summed E-state index contributed by atoms with van der Waals surface area (Å²) in [4.78, 5) is 26.8. The molecule has 5 nitrogen and oxygen atoms in total. The Morgan fingerprint density at radius 1 is 1.11 bits per heavy atom. The predicted molar refractivity (Wildman–Crippen MR) is 118 cm³/mol. The van der Waals surface area contributed by atoms with Crippen LogP contribution in [-0.2, 0) is 0 Å². The molecule has 4 heterocycles. The van der Waals surface area contributed by atoms with E-state index < -0.39 is 0 Å². The average molecular weight is 423 g/mol. The fourth-order valence-electron chi connectivity index (χ4n) is 3.00. The molecule has 0 radical (unpaired) electrons. The van der Waals surface area contributed by atoms with Gasteiger partial charge in [0.05, 0.1) is 16.3 Å². The molecule has 4 aromatic heterocycles. The van der Waals surface area contributed by atoms with E-state index in [1.807, 2.05) is 54.2 Å². The highest BCUT2D eigenvalue weighted by Crippen LogP contribution is 2.33. The van der Waals surface area contributed by atoms with Crippen LogP contribution in [-0.4, -0.2) is 20.9 Å². The number of amides is 1. The Hall–Kier alpha value is -2.81. The van der Waals surface area contributed by atoms with Gasteiger partial charge in [-0.2, -0.15) is 0 Å². The first kappa shape index (κ1) is 17.3. The second-order valence-corrected chi connectivity index (χ2v) is 8.96. The third-order valence-corrected chi connectivity index (χ3v) is 7.28. The highest BCUT2D eigenvalue weighted by molar-refractivity contribution is 7.22. The van der Waals surface area contributed by atoms with Crippen molar-refractivity contribution in [2.45, 2.75) is 6.92 Å². The van der Waals surface area contributed by atoms with Crippen LogP contribution in [0, 0.1) is 6.92 Å². The molecule has 28 heavy (non-hydrogen) atoms. The molecule has 0 saturated carbocycles. The fourth-order valence-corrected chi connectivity index (χ4v) is 5.47. The second kappa shape index (κ2) is 6.97. The number of aromatic amines is 1. The number of rotatable bonds is 4. The van der Waals surface area contributed by atoms with E-state index in [1.54, 1.807) is 11.3 Å². The Kier molecular flexibility index (Phi) is 4.31. The summed E-state index contributed by atoms with van der Waals surface area (Å²) < 4.78 is 0. The van der Waals surface area contributed by atoms with Crippen LogP contribution in [0.15, 0.2) is 53.4 Å². The summed E-state index contributed by atoms with van der Waals surface area (Å²) in [5.41, 5.74) is 3.68. The van der Waals surface area contributed by atoms with Crippen LogP contribution >= 0.6 is 34.0 Å². The molecular weight excluding hydrogens is 408 g/mol. The molecule has 1 aromatic carbocycles. The Balaban J connectivity index is 1.40. The van der Waals surface area contributed by atoms with Crippen molar-refractivity contribution in [3.05, 3.63) is 63.9 Å². The quantitative estimate of drug-likeness (QED) is 0.371. The monoisotopic (exact) mass is 422 g/mol. The van der Waals surface area contributed by atoms with Gasteiger partial charge in [-0.1, -0.05) is 24.3 Å². The first-order chi connectivity index (χ1) is 13.7. The summed E-state index contributed by atoms with van der Waals surface area (Å²) in [5, 5.41) is 9.45. The maximum absolute atomic E-state index is 12.7. The first-order valence-electron chi connectivity index (χ1n) is 8.54. The molecule has 5 rings (SSSR count). The smallest absolute Gasteiger partial charge is 0.269 e. The van der Waals surface area contributed by atoms with Gasteiger partial charge in [0.1, 0.15) is 9.88 Å². The van der Waals surface area contributed by atoms with Gasteiger partial charge in [0.15, 0.2) is 5.13 Å². The number of carbonyl (C=O) groups excluding carboxylic acids is 1. The SMILES string of the molecule is Cc1nc(-c2cccs2)sc1C(=O)Nc1nc(-c2c[nH]c3ccccc23)cs1. The van der Waals surface area contributed by atoms with Crippen molar-refractivity contribution >= 4 is 56.0 Å². The van der Waals surface area contributed by atoms with E-state index >= 15 is 0 Å². The molecule has 0 aliphatic rings. The summed E-state index contributed by atoms with van der Waals surface area (Å²) in [7, 11) is 0. The number of anilines is 1. The number of hydrogen-bond donors (Lipinski definition) is 2. The lowest BCUT2D eigenvalue weighted by atomic mass is 10.1. The molecule has 8 heteroatoms. The number of carbonyl (C=O) groups is 1. The van der Waals surface area contributed by atoms with Gasteiger partial charge in [0.2, 0.25) is 0 Å². The number of para-hydroxylation sites is 1. The van der Waals surface area contributed by atoms with Gasteiger partial charge in [-0.15, -0.1) is 34.0 Å². The van der Waals surface area contributed by atoms with Crippen molar-refractivity contribution in [1.82, 2.24) is 15.0 Å². The van der Waals surface area contributed by atoms with Crippen LogP contribution < -0.4 is 5.32 Å².